The van der Waals surface area contributed by atoms with Crippen LogP contribution in [-0.4, -0.2) is 45.6 Å². The van der Waals surface area contributed by atoms with E-state index < -0.39 is 0 Å². The van der Waals surface area contributed by atoms with Crippen molar-refractivity contribution in [2.24, 2.45) is 0 Å². The van der Waals surface area contributed by atoms with Crippen LogP contribution in [-0.2, 0) is 0 Å². The standard InChI is InChI=1S/C24H22ClN5O/c1-2-30-9-7-16(8-10-30)31-23-20(12-26)27-14-21-22(23)18-11-15(13-28-24(18)29-21)17-5-3-4-6-19(17)25/h3-6,11,13-14,16H,2,7-10H2,1H3,(H,28,29). The highest BCUT2D eigenvalue weighted by atomic mass is 35.5. The molecule has 4 heterocycles. The van der Waals surface area contributed by atoms with Crippen molar-refractivity contribution in [1.82, 2.24) is 19.9 Å². The number of piperidine rings is 1. The van der Waals surface area contributed by atoms with Crippen LogP contribution in [0.25, 0.3) is 33.1 Å². The summed E-state index contributed by atoms with van der Waals surface area (Å²) in [7, 11) is 0. The van der Waals surface area contributed by atoms with Gasteiger partial charge in [0.15, 0.2) is 11.4 Å². The number of likely N-dealkylation sites (tertiary alicyclic amines) is 1. The van der Waals surface area contributed by atoms with Crippen LogP contribution in [0.3, 0.4) is 0 Å². The predicted molar refractivity (Wildman–Crippen MR) is 122 cm³/mol. The highest BCUT2D eigenvalue weighted by Gasteiger charge is 2.24. The van der Waals surface area contributed by atoms with Gasteiger partial charge in [0, 0.05) is 40.8 Å². The summed E-state index contributed by atoms with van der Waals surface area (Å²) in [6.45, 7) is 5.22. The van der Waals surface area contributed by atoms with Crippen molar-refractivity contribution in [3.8, 4) is 22.9 Å². The highest BCUT2D eigenvalue weighted by molar-refractivity contribution is 6.33. The van der Waals surface area contributed by atoms with E-state index in [1.54, 1.807) is 12.4 Å². The summed E-state index contributed by atoms with van der Waals surface area (Å²) in [4.78, 5) is 14.7. The van der Waals surface area contributed by atoms with Crippen molar-refractivity contribution in [2.75, 3.05) is 19.6 Å². The summed E-state index contributed by atoms with van der Waals surface area (Å²) >= 11 is 6.42. The first-order valence-electron chi connectivity index (χ1n) is 10.5. The Labute approximate surface area is 185 Å². The Morgan fingerprint density at radius 3 is 2.77 bits per heavy atom. The predicted octanol–water partition coefficient (Wildman–Crippen LogP) is 5.17. The van der Waals surface area contributed by atoms with Crippen LogP contribution in [0.2, 0.25) is 5.02 Å². The number of fused-ring (bicyclic) bond motifs is 3. The average Bonchev–Trinajstić information content (AvgIpc) is 3.18. The summed E-state index contributed by atoms with van der Waals surface area (Å²) in [5.41, 5.74) is 3.66. The molecule has 3 aromatic heterocycles. The molecule has 0 saturated carbocycles. The third-order valence-electron chi connectivity index (χ3n) is 6.00. The van der Waals surface area contributed by atoms with E-state index in [1.165, 1.54) is 0 Å². The molecule has 0 amide bonds. The lowest BCUT2D eigenvalue weighted by atomic mass is 10.0. The van der Waals surface area contributed by atoms with E-state index in [4.69, 9.17) is 16.3 Å². The number of nitrogens with one attached hydrogen (secondary N) is 1. The second kappa shape index (κ2) is 8.18. The van der Waals surface area contributed by atoms with E-state index in [1.807, 2.05) is 24.3 Å². The van der Waals surface area contributed by atoms with Crippen LogP contribution >= 0.6 is 11.6 Å². The molecule has 1 aliphatic heterocycles. The van der Waals surface area contributed by atoms with E-state index >= 15 is 0 Å². The SMILES string of the molecule is CCN1CCC(Oc2c(C#N)ncc3[nH]c4ncc(-c5ccccc5Cl)cc4c23)CC1. The Hall–Kier alpha value is -3.14. The van der Waals surface area contributed by atoms with Gasteiger partial charge in [-0.2, -0.15) is 5.26 Å². The molecular weight excluding hydrogens is 410 g/mol. The number of H-pyrrole nitrogens is 1. The number of nitriles is 1. The van der Waals surface area contributed by atoms with Crippen molar-refractivity contribution in [3.63, 3.8) is 0 Å². The Morgan fingerprint density at radius 1 is 1.23 bits per heavy atom. The molecule has 0 bridgehead atoms. The first-order chi connectivity index (χ1) is 15.2. The number of ether oxygens (including phenoxy) is 1. The second-order valence-corrected chi connectivity index (χ2v) is 8.22. The van der Waals surface area contributed by atoms with Gasteiger partial charge >= 0.3 is 0 Å². The highest BCUT2D eigenvalue weighted by Crippen LogP contribution is 2.38. The van der Waals surface area contributed by atoms with E-state index in [9.17, 15) is 5.26 Å². The minimum Gasteiger partial charge on any atom is -0.487 e. The van der Waals surface area contributed by atoms with Crippen molar-refractivity contribution >= 4 is 33.5 Å². The maximum atomic E-state index is 9.72. The third kappa shape index (κ3) is 3.60. The number of benzene rings is 1. The average molecular weight is 432 g/mol. The first-order valence-corrected chi connectivity index (χ1v) is 10.9. The minimum atomic E-state index is 0.0620. The molecule has 0 radical (unpaired) electrons. The smallest absolute Gasteiger partial charge is 0.183 e. The van der Waals surface area contributed by atoms with Crippen molar-refractivity contribution in [3.05, 3.63) is 53.4 Å². The third-order valence-corrected chi connectivity index (χ3v) is 6.33. The fourth-order valence-electron chi connectivity index (χ4n) is 4.28. The van der Waals surface area contributed by atoms with Crippen LogP contribution in [0.4, 0.5) is 0 Å². The molecule has 0 spiro atoms. The molecule has 1 aromatic carbocycles. The number of nitrogens with zero attached hydrogens (tertiary/aromatic N) is 4. The monoisotopic (exact) mass is 431 g/mol. The minimum absolute atomic E-state index is 0.0620. The number of aromatic nitrogens is 3. The van der Waals surface area contributed by atoms with Gasteiger partial charge in [-0.1, -0.05) is 36.7 Å². The van der Waals surface area contributed by atoms with Crippen LogP contribution in [0.5, 0.6) is 5.75 Å². The summed E-state index contributed by atoms with van der Waals surface area (Å²) in [6, 6.07) is 12.0. The number of pyridine rings is 2. The molecule has 1 saturated heterocycles. The Morgan fingerprint density at radius 2 is 2.03 bits per heavy atom. The Bertz CT molecular complexity index is 1300. The molecule has 0 unspecified atom stereocenters. The molecule has 7 heteroatoms. The Balaban J connectivity index is 1.63. The van der Waals surface area contributed by atoms with Crippen molar-refractivity contribution in [2.45, 2.75) is 25.9 Å². The Kier molecular flexibility index (Phi) is 5.23. The van der Waals surface area contributed by atoms with Gasteiger partial charge in [0.1, 0.15) is 17.8 Å². The molecule has 31 heavy (non-hydrogen) atoms. The van der Waals surface area contributed by atoms with Crippen molar-refractivity contribution in [1.29, 1.82) is 5.26 Å². The molecule has 0 atom stereocenters. The van der Waals surface area contributed by atoms with E-state index in [0.717, 1.165) is 65.5 Å². The molecule has 1 N–H and O–H groups in total. The second-order valence-electron chi connectivity index (χ2n) is 7.81. The van der Waals surface area contributed by atoms with Crippen LogP contribution in [0.15, 0.2) is 42.7 Å². The number of aromatic amines is 1. The summed E-state index contributed by atoms with van der Waals surface area (Å²) in [5.74, 6) is 0.541. The van der Waals surface area contributed by atoms with Gasteiger partial charge in [0.05, 0.1) is 17.1 Å². The molecule has 6 nitrogen and oxygen atoms in total. The normalized spacial score (nSPS) is 15.4. The zero-order chi connectivity index (χ0) is 21.4. The molecule has 4 aromatic rings. The quantitative estimate of drug-likeness (QED) is 0.482. The molecular formula is C24H22ClN5O. The van der Waals surface area contributed by atoms with Crippen molar-refractivity contribution < 1.29 is 4.74 Å². The maximum Gasteiger partial charge on any atom is 0.183 e. The van der Waals surface area contributed by atoms with Gasteiger partial charge in [-0.25, -0.2) is 9.97 Å². The van der Waals surface area contributed by atoms with Crippen LogP contribution < -0.4 is 4.74 Å². The van der Waals surface area contributed by atoms with E-state index in [2.05, 4.69) is 38.9 Å². The van der Waals surface area contributed by atoms with E-state index in [-0.39, 0.29) is 6.10 Å². The fraction of sp³-hybridized carbons (Fsp3) is 0.292. The number of hydrogen-bond acceptors (Lipinski definition) is 5. The van der Waals surface area contributed by atoms with Gasteiger partial charge in [0.25, 0.3) is 0 Å². The van der Waals surface area contributed by atoms with Gasteiger partial charge in [-0.3, -0.25) is 0 Å². The lowest BCUT2D eigenvalue weighted by Crippen LogP contribution is -2.38. The topological polar surface area (TPSA) is 77.8 Å². The zero-order valence-electron chi connectivity index (χ0n) is 17.2. The lowest BCUT2D eigenvalue weighted by molar-refractivity contribution is 0.104. The first kappa shape index (κ1) is 19.8. The molecule has 1 aliphatic rings. The summed E-state index contributed by atoms with van der Waals surface area (Å²) < 4.78 is 6.43. The van der Waals surface area contributed by atoms with Crippen LogP contribution in [0.1, 0.15) is 25.5 Å². The molecule has 0 aliphatic carbocycles. The van der Waals surface area contributed by atoms with Gasteiger partial charge in [0.2, 0.25) is 0 Å². The molecule has 5 rings (SSSR count). The van der Waals surface area contributed by atoms with Gasteiger partial charge < -0.3 is 14.6 Å². The van der Waals surface area contributed by atoms with Gasteiger partial charge in [-0.15, -0.1) is 0 Å². The zero-order valence-corrected chi connectivity index (χ0v) is 18.0. The molecule has 1 fully saturated rings. The molecule has 156 valence electrons. The van der Waals surface area contributed by atoms with Crippen LogP contribution in [0, 0.1) is 11.3 Å². The largest absolute Gasteiger partial charge is 0.487 e. The fourth-order valence-corrected chi connectivity index (χ4v) is 4.53. The lowest BCUT2D eigenvalue weighted by Gasteiger charge is -2.31. The number of rotatable bonds is 4. The number of hydrogen-bond donors (Lipinski definition) is 1. The maximum absolute atomic E-state index is 9.72. The summed E-state index contributed by atoms with van der Waals surface area (Å²) in [6.07, 6.45) is 5.41. The summed E-state index contributed by atoms with van der Waals surface area (Å²) in [5, 5.41) is 12.1. The van der Waals surface area contributed by atoms with Gasteiger partial charge in [-0.05, 0) is 31.5 Å². The van der Waals surface area contributed by atoms with E-state index in [0.29, 0.717) is 16.5 Å². The number of halogens is 1.